The van der Waals surface area contributed by atoms with E-state index in [1.165, 1.54) is 12.3 Å². The lowest BCUT2D eigenvalue weighted by atomic mass is 10.1. The number of carbonyl (C=O) groups excluding carboxylic acids is 2. The first-order chi connectivity index (χ1) is 12.5. The van der Waals surface area contributed by atoms with Crippen LogP contribution in [0.25, 0.3) is 0 Å². The average molecular weight is 353 g/mol. The summed E-state index contributed by atoms with van der Waals surface area (Å²) >= 11 is 0. The summed E-state index contributed by atoms with van der Waals surface area (Å²) in [5.41, 5.74) is 3.56. The van der Waals surface area contributed by atoms with Crippen molar-refractivity contribution in [1.29, 1.82) is 0 Å². The maximum absolute atomic E-state index is 12.4. The highest BCUT2D eigenvalue weighted by Gasteiger charge is 2.17. The maximum Gasteiger partial charge on any atom is 0.274 e. The van der Waals surface area contributed by atoms with E-state index < -0.39 is 0 Å². The molecule has 6 nitrogen and oxygen atoms in total. The highest BCUT2D eigenvalue weighted by molar-refractivity contribution is 6.04. The fraction of sp³-hybridized carbons (Fsp3) is 0.350. The Labute approximate surface area is 153 Å². The summed E-state index contributed by atoms with van der Waals surface area (Å²) in [6.45, 7) is 5.23. The third-order valence-electron chi connectivity index (χ3n) is 4.53. The Morgan fingerprint density at radius 1 is 1.15 bits per heavy atom. The van der Waals surface area contributed by atoms with E-state index in [9.17, 15) is 9.59 Å². The van der Waals surface area contributed by atoms with Gasteiger partial charge in [0, 0.05) is 30.6 Å². The van der Waals surface area contributed by atoms with Gasteiger partial charge < -0.3 is 15.4 Å². The van der Waals surface area contributed by atoms with E-state index >= 15 is 0 Å². The fourth-order valence-corrected chi connectivity index (χ4v) is 2.82. The molecule has 0 bridgehead atoms. The van der Waals surface area contributed by atoms with E-state index in [0.29, 0.717) is 17.8 Å². The van der Waals surface area contributed by atoms with Crippen LogP contribution in [0.3, 0.4) is 0 Å². The van der Waals surface area contributed by atoms with Crippen LogP contribution in [0.4, 0.5) is 5.69 Å². The Morgan fingerprint density at radius 2 is 2.00 bits per heavy atom. The zero-order valence-corrected chi connectivity index (χ0v) is 15.0. The van der Waals surface area contributed by atoms with E-state index in [1.807, 2.05) is 32.0 Å². The van der Waals surface area contributed by atoms with Crippen LogP contribution in [0.2, 0.25) is 0 Å². The van der Waals surface area contributed by atoms with Crippen molar-refractivity contribution < 1.29 is 14.3 Å². The van der Waals surface area contributed by atoms with Crippen LogP contribution in [0, 0.1) is 13.8 Å². The zero-order chi connectivity index (χ0) is 18.5. The Hall–Kier alpha value is -2.73. The summed E-state index contributed by atoms with van der Waals surface area (Å²) in [6, 6.07) is 8.80. The molecule has 2 heterocycles. The number of anilines is 1. The number of nitrogens with zero attached hydrogens (tertiary/aromatic N) is 1. The van der Waals surface area contributed by atoms with Crippen molar-refractivity contribution in [1.82, 2.24) is 10.3 Å². The van der Waals surface area contributed by atoms with Crippen LogP contribution >= 0.6 is 0 Å². The molecule has 0 spiro atoms. The number of nitrogens with one attached hydrogen (secondary N) is 2. The lowest BCUT2D eigenvalue weighted by molar-refractivity contribution is 0.0857. The number of aryl methyl sites for hydroxylation is 2. The van der Waals surface area contributed by atoms with Crippen LogP contribution in [-0.2, 0) is 4.74 Å². The van der Waals surface area contributed by atoms with Crippen molar-refractivity contribution in [3.05, 3.63) is 58.9 Å². The molecule has 2 N–H and O–H groups in total. The van der Waals surface area contributed by atoms with Gasteiger partial charge in [0.05, 0.1) is 6.10 Å². The molecular weight excluding hydrogens is 330 g/mol. The number of amides is 2. The largest absolute Gasteiger partial charge is 0.376 e. The number of pyridine rings is 1. The molecule has 1 atom stereocenters. The lowest BCUT2D eigenvalue weighted by Gasteiger charge is -2.11. The summed E-state index contributed by atoms with van der Waals surface area (Å²) in [5, 5.41) is 5.66. The molecule has 6 heteroatoms. The highest BCUT2D eigenvalue weighted by Crippen LogP contribution is 2.15. The van der Waals surface area contributed by atoms with Gasteiger partial charge in [0.15, 0.2) is 0 Å². The number of hydrogen-bond acceptors (Lipinski definition) is 4. The number of aromatic nitrogens is 1. The van der Waals surface area contributed by atoms with Gasteiger partial charge in [-0.2, -0.15) is 0 Å². The van der Waals surface area contributed by atoms with Crippen LogP contribution < -0.4 is 10.6 Å². The van der Waals surface area contributed by atoms with Gasteiger partial charge in [-0.25, -0.2) is 0 Å². The maximum atomic E-state index is 12.4. The number of benzene rings is 1. The summed E-state index contributed by atoms with van der Waals surface area (Å²) in [6.07, 6.45) is 3.53. The zero-order valence-electron chi connectivity index (χ0n) is 15.0. The normalized spacial score (nSPS) is 16.3. The molecule has 3 rings (SSSR count). The molecule has 0 saturated carbocycles. The van der Waals surface area contributed by atoms with Crippen LogP contribution in [0.5, 0.6) is 0 Å². The minimum absolute atomic E-state index is 0.0772. The summed E-state index contributed by atoms with van der Waals surface area (Å²) in [5.74, 6) is -0.579. The number of ether oxygens (including phenoxy) is 1. The van der Waals surface area contributed by atoms with Gasteiger partial charge in [-0.15, -0.1) is 0 Å². The smallest absolute Gasteiger partial charge is 0.274 e. The van der Waals surface area contributed by atoms with Gasteiger partial charge in [-0.1, -0.05) is 6.07 Å². The van der Waals surface area contributed by atoms with Crippen LogP contribution in [0.15, 0.2) is 36.5 Å². The van der Waals surface area contributed by atoms with E-state index in [0.717, 1.165) is 30.6 Å². The first-order valence-corrected chi connectivity index (χ1v) is 8.77. The molecule has 1 unspecified atom stereocenters. The lowest BCUT2D eigenvalue weighted by Crippen LogP contribution is -2.32. The first-order valence-electron chi connectivity index (χ1n) is 8.77. The topological polar surface area (TPSA) is 80.3 Å². The van der Waals surface area contributed by atoms with Gasteiger partial charge in [0.25, 0.3) is 11.8 Å². The second-order valence-electron chi connectivity index (χ2n) is 6.53. The number of carbonyl (C=O) groups is 2. The van der Waals surface area contributed by atoms with Crippen molar-refractivity contribution in [2.24, 2.45) is 0 Å². The molecular formula is C20H23N3O3. The molecule has 1 fully saturated rings. The predicted molar refractivity (Wildman–Crippen MR) is 99.4 cm³/mol. The van der Waals surface area contributed by atoms with E-state index in [1.54, 1.807) is 6.07 Å². The molecule has 1 aromatic carbocycles. The van der Waals surface area contributed by atoms with Gasteiger partial charge in [-0.3, -0.25) is 14.6 Å². The monoisotopic (exact) mass is 353 g/mol. The predicted octanol–water partition coefficient (Wildman–Crippen LogP) is 2.86. The molecule has 0 radical (unpaired) electrons. The molecule has 0 aliphatic carbocycles. The SMILES string of the molecule is Cc1ccc(NC(=O)c2cc(C(=O)NCC3CCCO3)ccn2)cc1C. The van der Waals surface area contributed by atoms with Gasteiger partial charge >= 0.3 is 0 Å². The number of hydrogen-bond donors (Lipinski definition) is 2. The fourth-order valence-electron chi connectivity index (χ4n) is 2.82. The molecule has 1 aromatic heterocycles. The van der Waals surface area contributed by atoms with Crippen LogP contribution in [-0.4, -0.2) is 36.1 Å². The molecule has 1 aliphatic rings. The number of rotatable bonds is 5. The van der Waals surface area contributed by atoms with E-state index in [2.05, 4.69) is 15.6 Å². The molecule has 2 amide bonds. The summed E-state index contributed by atoms with van der Waals surface area (Å²) < 4.78 is 5.49. The van der Waals surface area contributed by atoms with Crippen molar-refractivity contribution in [2.45, 2.75) is 32.8 Å². The van der Waals surface area contributed by atoms with Crippen molar-refractivity contribution >= 4 is 17.5 Å². The molecule has 136 valence electrons. The van der Waals surface area contributed by atoms with Crippen molar-refractivity contribution in [3.63, 3.8) is 0 Å². The van der Waals surface area contributed by atoms with Gasteiger partial charge in [0.2, 0.25) is 0 Å². The molecule has 1 saturated heterocycles. The third-order valence-corrected chi connectivity index (χ3v) is 4.53. The van der Waals surface area contributed by atoms with Crippen molar-refractivity contribution in [3.8, 4) is 0 Å². The summed E-state index contributed by atoms with van der Waals surface area (Å²) in [7, 11) is 0. The van der Waals surface area contributed by atoms with E-state index in [-0.39, 0.29) is 23.6 Å². The molecule has 2 aromatic rings. The van der Waals surface area contributed by atoms with Crippen LogP contribution in [0.1, 0.15) is 44.8 Å². The first kappa shape index (κ1) is 18.1. The minimum atomic E-state index is -0.345. The summed E-state index contributed by atoms with van der Waals surface area (Å²) in [4.78, 5) is 28.8. The Kier molecular flexibility index (Phi) is 5.63. The van der Waals surface area contributed by atoms with Gasteiger partial charge in [0.1, 0.15) is 5.69 Å². The molecule has 1 aliphatic heterocycles. The van der Waals surface area contributed by atoms with Crippen molar-refractivity contribution in [2.75, 3.05) is 18.5 Å². The minimum Gasteiger partial charge on any atom is -0.376 e. The van der Waals surface area contributed by atoms with Gasteiger partial charge in [-0.05, 0) is 62.1 Å². The molecule has 26 heavy (non-hydrogen) atoms. The second kappa shape index (κ2) is 8.10. The Bertz CT molecular complexity index is 814. The van der Waals surface area contributed by atoms with E-state index in [4.69, 9.17) is 4.74 Å². The second-order valence-corrected chi connectivity index (χ2v) is 6.53. The Balaban J connectivity index is 1.64. The third kappa shape index (κ3) is 4.46. The highest BCUT2D eigenvalue weighted by atomic mass is 16.5. The average Bonchev–Trinajstić information content (AvgIpc) is 3.16. The Morgan fingerprint density at radius 3 is 2.73 bits per heavy atom. The quantitative estimate of drug-likeness (QED) is 0.866. The standard InChI is InChI=1S/C20H23N3O3/c1-13-5-6-16(10-14(13)2)23-20(25)18-11-15(7-8-21-18)19(24)22-12-17-4-3-9-26-17/h5-8,10-11,17H,3-4,9,12H2,1-2H3,(H,22,24)(H,23,25).